The molecule has 0 fully saturated rings. The SMILES string of the molecule is CNCC(=O)Nc1ccc(C(=O)N(C)C)c(C)c1. The second-order valence-corrected chi connectivity index (χ2v) is 4.31. The van der Waals surface area contributed by atoms with E-state index in [1.54, 1.807) is 39.3 Å². The monoisotopic (exact) mass is 249 g/mol. The van der Waals surface area contributed by atoms with Crippen LogP contribution in [0.15, 0.2) is 18.2 Å². The number of rotatable bonds is 4. The summed E-state index contributed by atoms with van der Waals surface area (Å²) in [6, 6.07) is 5.26. The van der Waals surface area contributed by atoms with E-state index in [9.17, 15) is 9.59 Å². The molecule has 1 rings (SSSR count). The van der Waals surface area contributed by atoms with E-state index >= 15 is 0 Å². The second kappa shape index (κ2) is 6.16. The molecule has 0 saturated heterocycles. The van der Waals surface area contributed by atoms with Crippen LogP contribution in [0.25, 0.3) is 0 Å². The summed E-state index contributed by atoms with van der Waals surface area (Å²) in [4.78, 5) is 24.8. The summed E-state index contributed by atoms with van der Waals surface area (Å²) in [6.07, 6.45) is 0. The molecule has 0 saturated carbocycles. The maximum Gasteiger partial charge on any atom is 0.253 e. The van der Waals surface area contributed by atoms with Crippen molar-refractivity contribution < 1.29 is 9.59 Å². The number of anilines is 1. The number of hydrogen-bond acceptors (Lipinski definition) is 3. The van der Waals surface area contributed by atoms with Gasteiger partial charge in [-0.2, -0.15) is 0 Å². The Morgan fingerprint density at radius 1 is 1.28 bits per heavy atom. The lowest BCUT2D eigenvalue weighted by Gasteiger charge is -2.13. The van der Waals surface area contributed by atoms with E-state index in [1.165, 1.54) is 4.90 Å². The zero-order valence-corrected chi connectivity index (χ0v) is 11.2. The van der Waals surface area contributed by atoms with Crippen molar-refractivity contribution in [3.8, 4) is 0 Å². The van der Waals surface area contributed by atoms with Crippen LogP contribution >= 0.6 is 0 Å². The maximum atomic E-state index is 11.8. The molecule has 0 aliphatic rings. The third-order valence-corrected chi connectivity index (χ3v) is 2.48. The number of carbonyl (C=O) groups is 2. The van der Waals surface area contributed by atoms with Gasteiger partial charge in [-0.25, -0.2) is 0 Å². The van der Waals surface area contributed by atoms with Crippen molar-refractivity contribution in [2.24, 2.45) is 0 Å². The number of amides is 2. The Morgan fingerprint density at radius 2 is 1.94 bits per heavy atom. The maximum absolute atomic E-state index is 11.8. The molecule has 5 nitrogen and oxygen atoms in total. The molecule has 0 aromatic heterocycles. The minimum absolute atomic E-state index is 0.0411. The van der Waals surface area contributed by atoms with Crippen LogP contribution in [0.3, 0.4) is 0 Å². The predicted molar refractivity (Wildman–Crippen MR) is 71.8 cm³/mol. The average Bonchev–Trinajstić information content (AvgIpc) is 2.28. The molecule has 0 unspecified atom stereocenters. The molecule has 0 atom stereocenters. The van der Waals surface area contributed by atoms with Crippen molar-refractivity contribution in [3.63, 3.8) is 0 Å². The van der Waals surface area contributed by atoms with E-state index in [0.717, 1.165) is 5.56 Å². The standard InChI is InChI=1S/C13H19N3O2/c1-9-7-10(15-12(17)8-14-2)5-6-11(9)13(18)16(3)4/h5-7,14H,8H2,1-4H3,(H,15,17). The first-order valence-electron chi connectivity index (χ1n) is 5.72. The molecule has 0 heterocycles. The van der Waals surface area contributed by atoms with Gasteiger partial charge in [0.25, 0.3) is 5.91 Å². The van der Waals surface area contributed by atoms with Crippen molar-refractivity contribution in [2.75, 3.05) is 33.0 Å². The van der Waals surface area contributed by atoms with Crippen molar-refractivity contribution >= 4 is 17.5 Å². The van der Waals surface area contributed by atoms with Gasteiger partial charge in [-0.15, -0.1) is 0 Å². The fourth-order valence-electron chi connectivity index (χ4n) is 1.59. The Kier molecular flexibility index (Phi) is 4.85. The van der Waals surface area contributed by atoms with Gasteiger partial charge >= 0.3 is 0 Å². The Bertz CT molecular complexity index is 456. The molecule has 2 N–H and O–H groups in total. The Labute approximate surface area is 107 Å². The number of benzene rings is 1. The van der Waals surface area contributed by atoms with E-state index in [0.29, 0.717) is 11.3 Å². The van der Waals surface area contributed by atoms with Crippen LogP contribution in [0, 0.1) is 6.92 Å². The quantitative estimate of drug-likeness (QED) is 0.832. The smallest absolute Gasteiger partial charge is 0.253 e. The Morgan fingerprint density at radius 3 is 2.44 bits per heavy atom. The fourth-order valence-corrected chi connectivity index (χ4v) is 1.59. The lowest BCUT2D eigenvalue weighted by Crippen LogP contribution is -2.25. The molecule has 0 spiro atoms. The minimum Gasteiger partial charge on any atom is -0.345 e. The van der Waals surface area contributed by atoms with Gasteiger partial charge in [0, 0.05) is 25.3 Å². The molecule has 0 radical (unpaired) electrons. The Balaban J connectivity index is 2.86. The highest BCUT2D eigenvalue weighted by atomic mass is 16.2. The summed E-state index contributed by atoms with van der Waals surface area (Å²) in [7, 11) is 5.14. The number of carbonyl (C=O) groups excluding carboxylic acids is 2. The molecule has 18 heavy (non-hydrogen) atoms. The van der Waals surface area contributed by atoms with Crippen LogP contribution in [0.1, 0.15) is 15.9 Å². The number of likely N-dealkylation sites (N-methyl/N-ethyl adjacent to an activating group) is 1. The first kappa shape index (κ1) is 14.2. The first-order chi connectivity index (χ1) is 8.45. The van der Waals surface area contributed by atoms with Gasteiger partial charge in [0.05, 0.1) is 6.54 Å². The second-order valence-electron chi connectivity index (χ2n) is 4.31. The molecule has 5 heteroatoms. The topological polar surface area (TPSA) is 61.4 Å². The molecule has 0 aliphatic heterocycles. The van der Waals surface area contributed by atoms with Gasteiger partial charge in [0.15, 0.2) is 0 Å². The van der Waals surface area contributed by atoms with Crippen molar-refractivity contribution in [1.82, 2.24) is 10.2 Å². The van der Waals surface area contributed by atoms with E-state index in [-0.39, 0.29) is 18.4 Å². The first-order valence-corrected chi connectivity index (χ1v) is 5.72. The van der Waals surface area contributed by atoms with E-state index in [4.69, 9.17) is 0 Å². The largest absolute Gasteiger partial charge is 0.345 e. The normalized spacial score (nSPS) is 10.0. The van der Waals surface area contributed by atoms with E-state index < -0.39 is 0 Å². The van der Waals surface area contributed by atoms with Gasteiger partial charge in [-0.3, -0.25) is 9.59 Å². The lowest BCUT2D eigenvalue weighted by molar-refractivity contribution is -0.115. The van der Waals surface area contributed by atoms with Crippen LogP contribution in [0.4, 0.5) is 5.69 Å². The molecule has 98 valence electrons. The van der Waals surface area contributed by atoms with Crippen LogP contribution in [-0.2, 0) is 4.79 Å². The summed E-state index contributed by atoms with van der Waals surface area (Å²) in [5, 5.41) is 5.53. The fraction of sp³-hybridized carbons (Fsp3) is 0.385. The highest BCUT2D eigenvalue weighted by molar-refractivity contribution is 5.97. The summed E-state index contributed by atoms with van der Waals surface area (Å²) in [5.74, 6) is -0.149. The average molecular weight is 249 g/mol. The van der Waals surface area contributed by atoms with Crippen molar-refractivity contribution in [3.05, 3.63) is 29.3 Å². The third kappa shape index (κ3) is 3.56. The number of aryl methyl sites for hydroxylation is 1. The molecule has 0 bridgehead atoms. The molecule has 1 aromatic rings. The Hall–Kier alpha value is -1.88. The van der Waals surface area contributed by atoms with Gasteiger partial charge in [0.2, 0.25) is 5.91 Å². The zero-order valence-electron chi connectivity index (χ0n) is 11.2. The highest BCUT2D eigenvalue weighted by Crippen LogP contribution is 2.16. The number of nitrogens with one attached hydrogen (secondary N) is 2. The summed E-state index contributed by atoms with van der Waals surface area (Å²) in [5.41, 5.74) is 2.19. The summed E-state index contributed by atoms with van der Waals surface area (Å²) < 4.78 is 0. The lowest BCUT2D eigenvalue weighted by atomic mass is 10.1. The zero-order chi connectivity index (χ0) is 13.7. The van der Waals surface area contributed by atoms with Crippen LogP contribution in [0.2, 0.25) is 0 Å². The van der Waals surface area contributed by atoms with Crippen LogP contribution < -0.4 is 10.6 Å². The summed E-state index contributed by atoms with van der Waals surface area (Å²) >= 11 is 0. The molecule has 2 amide bonds. The van der Waals surface area contributed by atoms with Crippen LogP contribution in [0.5, 0.6) is 0 Å². The van der Waals surface area contributed by atoms with E-state index in [1.807, 2.05) is 6.92 Å². The highest BCUT2D eigenvalue weighted by Gasteiger charge is 2.11. The minimum atomic E-state index is -0.108. The van der Waals surface area contributed by atoms with Crippen molar-refractivity contribution in [2.45, 2.75) is 6.92 Å². The van der Waals surface area contributed by atoms with Gasteiger partial charge < -0.3 is 15.5 Å². The van der Waals surface area contributed by atoms with Crippen LogP contribution in [-0.4, -0.2) is 44.4 Å². The van der Waals surface area contributed by atoms with Gasteiger partial charge in [0.1, 0.15) is 0 Å². The predicted octanol–water partition coefficient (Wildman–Crippen LogP) is 0.855. The molecular formula is C13H19N3O2. The number of nitrogens with zero attached hydrogens (tertiary/aromatic N) is 1. The molecular weight excluding hydrogens is 230 g/mol. The number of hydrogen-bond donors (Lipinski definition) is 2. The third-order valence-electron chi connectivity index (χ3n) is 2.48. The molecule has 0 aliphatic carbocycles. The molecule has 1 aromatic carbocycles. The summed E-state index contributed by atoms with van der Waals surface area (Å²) in [6.45, 7) is 2.11. The van der Waals surface area contributed by atoms with Gasteiger partial charge in [-0.05, 0) is 37.7 Å². The van der Waals surface area contributed by atoms with E-state index in [2.05, 4.69) is 10.6 Å². The van der Waals surface area contributed by atoms with Gasteiger partial charge in [-0.1, -0.05) is 0 Å². The van der Waals surface area contributed by atoms with Crippen molar-refractivity contribution in [1.29, 1.82) is 0 Å².